The van der Waals surface area contributed by atoms with Crippen molar-refractivity contribution in [3.05, 3.63) is 0 Å². The van der Waals surface area contributed by atoms with E-state index in [9.17, 15) is 0 Å². The molecule has 0 amide bonds. The first-order valence-corrected chi connectivity index (χ1v) is 11.6. The fourth-order valence-electron chi connectivity index (χ4n) is 3.06. The monoisotopic (exact) mass is 316 g/mol. The van der Waals surface area contributed by atoms with Crippen LogP contribution in [0.3, 0.4) is 0 Å². The van der Waals surface area contributed by atoms with Crippen molar-refractivity contribution < 1.29 is 8.85 Å². The van der Waals surface area contributed by atoms with E-state index in [1.165, 1.54) is 83.1 Å². The van der Waals surface area contributed by atoms with E-state index < -0.39 is 8.56 Å². The topological polar surface area (TPSA) is 18.5 Å². The molecule has 128 valence electrons. The van der Waals surface area contributed by atoms with Crippen LogP contribution in [-0.4, -0.2) is 22.8 Å². The first kappa shape index (κ1) is 21.1. The zero-order valence-electron chi connectivity index (χ0n) is 15.2. The highest BCUT2D eigenvalue weighted by molar-refractivity contribution is 6.67. The van der Waals surface area contributed by atoms with Crippen molar-refractivity contribution in [3.8, 4) is 0 Å². The minimum Gasteiger partial charge on any atom is -0.398 e. The van der Waals surface area contributed by atoms with Crippen LogP contribution in [0.4, 0.5) is 0 Å². The highest BCUT2D eigenvalue weighted by Gasteiger charge is 2.33. The maximum Gasteiger partial charge on any atom is 0.337 e. The Morgan fingerprint density at radius 1 is 0.524 bits per heavy atom. The van der Waals surface area contributed by atoms with E-state index in [1.807, 2.05) is 14.2 Å². The Morgan fingerprint density at radius 2 is 0.952 bits per heavy atom. The molecule has 3 heteroatoms. The summed E-state index contributed by atoms with van der Waals surface area (Å²) in [5.74, 6) is 0. The van der Waals surface area contributed by atoms with Gasteiger partial charge in [-0.3, -0.25) is 0 Å². The summed E-state index contributed by atoms with van der Waals surface area (Å²) < 4.78 is 11.5. The number of hydrogen-bond acceptors (Lipinski definition) is 2. The Kier molecular flexibility index (Phi) is 15.1. The molecule has 0 aliphatic heterocycles. The summed E-state index contributed by atoms with van der Waals surface area (Å²) in [5, 5.41) is 0. The Hall–Kier alpha value is 0.137. The smallest absolute Gasteiger partial charge is 0.337 e. The molecular weight excluding hydrogens is 276 g/mol. The lowest BCUT2D eigenvalue weighted by Gasteiger charge is -2.27. The van der Waals surface area contributed by atoms with Crippen molar-refractivity contribution in [2.24, 2.45) is 0 Å². The van der Waals surface area contributed by atoms with Crippen molar-refractivity contribution >= 4 is 8.56 Å². The summed E-state index contributed by atoms with van der Waals surface area (Å²) in [6, 6.07) is 2.31. The van der Waals surface area contributed by atoms with Gasteiger partial charge in [0, 0.05) is 14.2 Å². The van der Waals surface area contributed by atoms with Crippen LogP contribution < -0.4 is 0 Å². The standard InChI is InChI=1S/C18H40O2Si/c1-5-7-8-9-10-11-12-13-14-15-16-18-21(19-3,20-4)17-6-2/h5-18H2,1-4H3. The van der Waals surface area contributed by atoms with Gasteiger partial charge in [-0.25, -0.2) is 0 Å². The fourth-order valence-corrected chi connectivity index (χ4v) is 5.84. The van der Waals surface area contributed by atoms with Crippen LogP contribution in [0.2, 0.25) is 12.1 Å². The Morgan fingerprint density at radius 3 is 1.33 bits per heavy atom. The van der Waals surface area contributed by atoms with Crippen LogP contribution in [0.5, 0.6) is 0 Å². The van der Waals surface area contributed by atoms with E-state index >= 15 is 0 Å². The third kappa shape index (κ3) is 11.4. The molecule has 0 radical (unpaired) electrons. The van der Waals surface area contributed by atoms with Gasteiger partial charge < -0.3 is 8.85 Å². The summed E-state index contributed by atoms with van der Waals surface area (Å²) in [5.41, 5.74) is 0. The molecule has 0 rings (SSSR count). The average Bonchev–Trinajstić information content (AvgIpc) is 2.51. The quantitative estimate of drug-likeness (QED) is 0.241. The van der Waals surface area contributed by atoms with Gasteiger partial charge in [-0.1, -0.05) is 90.9 Å². The maximum atomic E-state index is 5.74. The van der Waals surface area contributed by atoms with Gasteiger partial charge >= 0.3 is 8.56 Å². The molecule has 0 heterocycles. The molecule has 0 aliphatic rings. The first-order chi connectivity index (χ1) is 10.2. The summed E-state index contributed by atoms with van der Waals surface area (Å²) in [4.78, 5) is 0. The molecule has 0 bridgehead atoms. The SMILES string of the molecule is CCCCCCCCCCCCC[Si](CCC)(OC)OC. The Bertz CT molecular complexity index is 205. The van der Waals surface area contributed by atoms with E-state index in [2.05, 4.69) is 13.8 Å². The Balaban J connectivity index is 3.42. The van der Waals surface area contributed by atoms with Crippen molar-refractivity contribution in [1.29, 1.82) is 0 Å². The maximum absolute atomic E-state index is 5.74. The van der Waals surface area contributed by atoms with Crippen LogP contribution >= 0.6 is 0 Å². The van der Waals surface area contributed by atoms with Gasteiger partial charge in [0.15, 0.2) is 0 Å². The molecule has 21 heavy (non-hydrogen) atoms. The second-order valence-electron chi connectivity index (χ2n) is 6.35. The van der Waals surface area contributed by atoms with Crippen molar-refractivity contribution in [1.82, 2.24) is 0 Å². The highest BCUT2D eigenvalue weighted by Crippen LogP contribution is 2.23. The molecule has 0 saturated carbocycles. The molecule has 0 aromatic carbocycles. The number of unbranched alkanes of at least 4 members (excludes halogenated alkanes) is 10. The molecule has 0 aromatic heterocycles. The van der Waals surface area contributed by atoms with Crippen molar-refractivity contribution in [3.63, 3.8) is 0 Å². The van der Waals surface area contributed by atoms with E-state index in [1.54, 1.807) is 0 Å². The van der Waals surface area contributed by atoms with Crippen molar-refractivity contribution in [2.45, 2.75) is 103 Å². The molecule has 0 aromatic rings. The molecule has 0 aliphatic carbocycles. The van der Waals surface area contributed by atoms with Gasteiger partial charge in [-0.15, -0.1) is 0 Å². The lowest BCUT2D eigenvalue weighted by Crippen LogP contribution is -2.39. The van der Waals surface area contributed by atoms with Gasteiger partial charge in [0.1, 0.15) is 0 Å². The first-order valence-electron chi connectivity index (χ1n) is 9.35. The highest BCUT2D eigenvalue weighted by atomic mass is 28.4. The zero-order chi connectivity index (χ0) is 15.8. The minimum absolute atomic E-state index is 1.14. The predicted octanol–water partition coefficient (Wildman–Crippen LogP) is 6.44. The van der Waals surface area contributed by atoms with Crippen LogP contribution in [0.1, 0.15) is 90.9 Å². The molecule has 0 spiro atoms. The van der Waals surface area contributed by atoms with Crippen LogP contribution in [-0.2, 0) is 8.85 Å². The molecule has 2 nitrogen and oxygen atoms in total. The number of rotatable bonds is 16. The van der Waals surface area contributed by atoms with Crippen molar-refractivity contribution in [2.75, 3.05) is 14.2 Å². The molecular formula is C18H40O2Si. The molecule has 0 saturated heterocycles. The van der Waals surface area contributed by atoms with Gasteiger partial charge in [0.2, 0.25) is 0 Å². The van der Waals surface area contributed by atoms with Crippen LogP contribution in [0, 0.1) is 0 Å². The van der Waals surface area contributed by atoms with E-state index in [-0.39, 0.29) is 0 Å². The number of hydrogen-bond donors (Lipinski definition) is 0. The van der Waals surface area contributed by atoms with E-state index in [0.29, 0.717) is 0 Å². The van der Waals surface area contributed by atoms with Gasteiger partial charge in [0.05, 0.1) is 0 Å². The molecule has 0 N–H and O–H groups in total. The van der Waals surface area contributed by atoms with Crippen LogP contribution in [0.15, 0.2) is 0 Å². The van der Waals surface area contributed by atoms with E-state index in [4.69, 9.17) is 8.85 Å². The molecule has 0 fully saturated rings. The lowest BCUT2D eigenvalue weighted by molar-refractivity contribution is 0.239. The second kappa shape index (κ2) is 15.0. The predicted molar refractivity (Wildman–Crippen MR) is 96.1 cm³/mol. The normalized spacial score (nSPS) is 12.0. The minimum atomic E-state index is -1.84. The average molecular weight is 317 g/mol. The molecule has 0 unspecified atom stereocenters. The lowest BCUT2D eigenvalue weighted by atomic mass is 10.1. The van der Waals surface area contributed by atoms with Gasteiger partial charge in [-0.2, -0.15) is 0 Å². The van der Waals surface area contributed by atoms with Crippen LogP contribution in [0.25, 0.3) is 0 Å². The zero-order valence-corrected chi connectivity index (χ0v) is 16.2. The largest absolute Gasteiger partial charge is 0.398 e. The van der Waals surface area contributed by atoms with Gasteiger partial charge in [0.25, 0.3) is 0 Å². The third-order valence-electron chi connectivity index (χ3n) is 4.54. The second-order valence-corrected chi connectivity index (χ2v) is 9.99. The summed E-state index contributed by atoms with van der Waals surface area (Å²) >= 11 is 0. The summed E-state index contributed by atoms with van der Waals surface area (Å²) in [7, 11) is 1.84. The van der Waals surface area contributed by atoms with Gasteiger partial charge in [-0.05, 0) is 12.1 Å². The summed E-state index contributed by atoms with van der Waals surface area (Å²) in [6.45, 7) is 4.51. The van der Waals surface area contributed by atoms with E-state index in [0.717, 1.165) is 6.04 Å². The Labute approximate surface area is 135 Å². The summed E-state index contributed by atoms with van der Waals surface area (Å²) in [6.07, 6.45) is 16.6. The molecule has 0 atom stereocenters. The third-order valence-corrected chi connectivity index (χ3v) is 8.40. The fraction of sp³-hybridized carbons (Fsp3) is 1.00.